The highest BCUT2D eigenvalue weighted by atomic mass is 16.5. The quantitative estimate of drug-likeness (QED) is 0.899. The molecule has 94 valence electrons. The van der Waals surface area contributed by atoms with E-state index in [0.29, 0.717) is 17.5 Å². The van der Waals surface area contributed by atoms with E-state index in [2.05, 4.69) is 20.3 Å². The predicted molar refractivity (Wildman–Crippen MR) is 70.1 cm³/mol. The Hall–Kier alpha value is -2.17. The zero-order valence-electron chi connectivity index (χ0n) is 11.0. The Morgan fingerprint density at radius 2 is 1.89 bits per heavy atom. The van der Waals surface area contributed by atoms with Gasteiger partial charge in [0.1, 0.15) is 17.4 Å². The number of nitrogens with zero attached hydrogens (tertiary/aromatic N) is 3. The van der Waals surface area contributed by atoms with Gasteiger partial charge < -0.3 is 10.1 Å². The molecule has 0 aliphatic rings. The van der Waals surface area contributed by atoms with Crippen LogP contribution in [-0.4, -0.2) is 22.0 Å². The molecule has 0 radical (unpaired) electrons. The molecular weight excluding hydrogens is 228 g/mol. The maximum Gasteiger partial charge on any atom is 0.227 e. The van der Waals surface area contributed by atoms with Crippen molar-refractivity contribution < 1.29 is 4.74 Å². The van der Waals surface area contributed by atoms with Gasteiger partial charge in [0.15, 0.2) is 0 Å². The Morgan fingerprint density at radius 1 is 1.11 bits per heavy atom. The molecule has 0 bridgehead atoms. The fourth-order valence-corrected chi connectivity index (χ4v) is 1.57. The second-order valence-corrected chi connectivity index (χ2v) is 4.04. The van der Waals surface area contributed by atoms with E-state index in [9.17, 15) is 0 Å². The molecule has 2 heterocycles. The molecular formula is C13H16N4O. The first-order valence-corrected chi connectivity index (χ1v) is 5.73. The molecule has 0 amide bonds. The van der Waals surface area contributed by atoms with Crippen LogP contribution in [-0.2, 0) is 0 Å². The van der Waals surface area contributed by atoms with Crippen LogP contribution in [0.3, 0.4) is 0 Å². The highest BCUT2D eigenvalue weighted by Crippen LogP contribution is 2.26. The molecule has 0 saturated carbocycles. The third kappa shape index (κ3) is 2.56. The molecule has 2 rings (SSSR count). The number of aryl methyl sites for hydroxylation is 2. The van der Waals surface area contributed by atoms with Gasteiger partial charge in [-0.2, -0.15) is 4.98 Å². The van der Waals surface area contributed by atoms with Gasteiger partial charge in [-0.3, -0.25) is 4.98 Å². The lowest BCUT2D eigenvalue weighted by Crippen LogP contribution is -2.03. The average Bonchev–Trinajstić information content (AvgIpc) is 2.36. The van der Waals surface area contributed by atoms with Crippen molar-refractivity contribution in [2.24, 2.45) is 0 Å². The van der Waals surface area contributed by atoms with Gasteiger partial charge in [0.2, 0.25) is 5.88 Å². The summed E-state index contributed by atoms with van der Waals surface area (Å²) in [5, 5.41) is 3.02. The van der Waals surface area contributed by atoms with Crippen molar-refractivity contribution >= 4 is 5.82 Å². The lowest BCUT2D eigenvalue weighted by atomic mass is 10.3. The Kier molecular flexibility index (Phi) is 3.41. The van der Waals surface area contributed by atoms with Crippen LogP contribution in [0.25, 0.3) is 0 Å². The molecule has 18 heavy (non-hydrogen) atoms. The SMILES string of the molecule is CNc1nc(C)nc(Oc2ccc(C)nc2)c1C. The molecule has 2 aromatic rings. The van der Waals surface area contributed by atoms with Gasteiger partial charge in [-0.1, -0.05) is 0 Å². The topological polar surface area (TPSA) is 59.9 Å². The fraction of sp³-hybridized carbons (Fsp3) is 0.308. The summed E-state index contributed by atoms with van der Waals surface area (Å²) < 4.78 is 5.73. The maximum absolute atomic E-state index is 5.73. The Labute approximate surface area is 106 Å². The first-order chi connectivity index (χ1) is 8.60. The van der Waals surface area contributed by atoms with Crippen molar-refractivity contribution in [2.75, 3.05) is 12.4 Å². The molecule has 2 aromatic heterocycles. The average molecular weight is 244 g/mol. The summed E-state index contributed by atoms with van der Waals surface area (Å²) in [5.41, 5.74) is 1.83. The van der Waals surface area contributed by atoms with Gasteiger partial charge in [0.25, 0.3) is 0 Å². The zero-order chi connectivity index (χ0) is 13.1. The smallest absolute Gasteiger partial charge is 0.227 e. The standard InChI is InChI=1S/C13H16N4O/c1-8-5-6-11(7-15-8)18-13-9(2)12(14-4)16-10(3)17-13/h5-7H,1-4H3,(H,14,16,17). The minimum Gasteiger partial charge on any atom is -0.437 e. The Bertz CT molecular complexity index is 552. The van der Waals surface area contributed by atoms with E-state index in [1.807, 2.05) is 40.0 Å². The number of ether oxygens (including phenoxy) is 1. The van der Waals surface area contributed by atoms with E-state index in [1.165, 1.54) is 0 Å². The van der Waals surface area contributed by atoms with E-state index in [1.54, 1.807) is 6.20 Å². The number of nitrogens with one attached hydrogen (secondary N) is 1. The highest BCUT2D eigenvalue weighted by molar-refractivity contribution is 5.48. The lowest BCUT2D eigenvalue weighted by molar-refractivity contribution is 0.453. The normalized spacial score (nSPS) is 10.2. The van der Waals surface area contributed by atoms with E-state index < -0.39 is 0 Å². The largest absolute Gasteiger partial charge is 0.437 e. The number of rotatable bonds is 3. The fourth-order valence-electron chi connectivity index (χ4n) is 1.57. The molecule has 0 aromatic carbocycles. The molecule has 0 atom stereocenters. The molecule has 0 fully saturated rings. The van der Waals surface area contributed by atoms with Crippen LogP contribution in [0.2, 0.25) is 0 Å². The number of aromatic nitrogens is 3. The van der Waals surface area contributed by atoms with Crippen LogP contribution in [0.5, 0.6) is 11.6 Å². The summed E-state index contributed by atoms with van der Waals surface area (Å²) in [6.45, 7) is 5.69. The summed E-state index contributed by atoms with van der Waals surface area (Å²) >= 11 is 0. The summed E-state index contributed by atoms with van der Waals surface area (Å²) in [5.74, 6) is 2.67. The minimum absolute atomic E-state index is 0.553. The molecule has 0 spiro atoms. The molecule has 1 N–H and O–H groups in total. The Morgan fingerprint density at radius 3 is 2.50 bits per heavy atom. The van der Waals surface area contributed by atoms with Crippen molar-refractivity contribution in [1.29, 1.82) is 0 Å². The summed E-state index contributed by atoms with van der Waals surface area (Å²) in [6, 6.07) is 3.77. The minimum atomic E-state index is 0.553. The molecule has 0 saturated heterocycles. The van der Waals surface area contributed by atoms with Crippen molar-refractivity contribution in [3.63, 3.8) is 0 Å². The van der Waals surface area contributed by atoms with Crippen molar-refractivity contribution in [3.05, 3.63) is 35.4 Å². The van der Waals surface area contributed by atoms with Crippen molar-refractivity contribution in [1.82, 2.24) is 15.0 Å². The monoisotopic (exact) mass is 244 g/mol. The van der Waals surface area contributed by atoms with Crippen LogP contribution in [0.15, 0.2) is 18.3 Å². The van der Waals surface area contributed by atoms with Gasteiger partial charge in [-0.15, -0.1) is 0 Å². The molecule has 0 aliphatic heterocycles. The lowest BCUT2D eigenvalue weighted by Gasteiger charge is -2.11. The van der Waals surface area contributed by atoms with Crippen LogP contribution < -0.4 is 10.1 Å². The summed E-state index contributed by atoms with van der Waals surface area (Å²) in [7, 11) is 1.83. The van der Waals surface area contributed by atoms with E-state index in [0.717, 1.165) is 17.1 Å². The zero-order valence-corrected chi connectivity index (χ0v) is 11.0. The van der Waals surface area contributed by atoms with Crippen molar-refractivity contribution in [2.45, 2.75) is 20.8 Å². The molecule has 5 heteroatoms. The third-order valence-corrected chi connectivity index (χ3v) is 2.55. The van der Waals surface area contributed by atoms with E-state index in [-0.39, 0.29) is 0 Å². The predicted octanol–water partition coefficient (Wildman–Crippen LogP) is 2.63. The van der Waals surface area contributed by atoms with Crippen LogP contribution in [0.4, 0.5) is 5.82 Å². The van der Waals surface area contributed by atoms with Gasteiger partial charge in [-0.05, 0) is 32.9 Å². The van der Waals surface area contributed by atoms with Gasteiger partial charge in [0, 0.05) is 12.7 Å². The molecule has 0 aliphatic carbocycles. The summed E-state index contributed by atoms with van der Waals surface area (Å²) in [6.07, 6.45) is 1.69. The molecule has 0 unspecified atom stereocenters. The van der Waals surface area contributed by atoms with Gasteiger partial charge in [0.05, 0.1) is 11.8 Å². The number of pyridine rings is 1. The number of anilines is 1. The van der Waals surface area contributed by atoms with Crippen LogP contribution in [0.1, 0.15) is 17.1 Å². The van der Waals surface area contributed by atoms with Crippen LogP contribution >= 0.6 is 0 Å². The van der Waals surface area contributed by atoms with Crippen LogP contribution in [0, 0.1) is 20.8 Å². The second-order valence-electron chi connectivity index (χ2n) is 4.04. The first kappa shape index (κ1) is 12.3. The van der Waals surface area contributed by atoms with Gasteiger partial charge >= 0.3 is 0 Å². The van der Waals surface area contributed by atoms with E-state index in [4.69, 9.17) is 4.74 Å². The third-order valence-electron chi connectivity index (χ3n) is 2.55. The highest BCUT2D eigenvalue weighted by Gasteiger charge is 2.10. The maximum atomic E-state index is 5.73. The summed E-state index contributed by atoms with van der Waals surface area (Å²) in [4.78, 5) is 12.8. The number of hydrogen-bond acceptors (Lipinski definition) is 5. The second kappa shape index (κ2) is 5.00. The molecule has 5 nitrogen and oxygen atoms in total. The Balaban J connectivity index is 2.34. The van der Waals surface area contributed by atoms with Crippen molar-refractivity contribution in [3.8, 4) is 11.6 Å². The first-order valence-electron chi connectivity index (χ1n) is 5.73. The number of hydrogen-bond donors (Lipinski definition) is 1. The van der Waals surface area contributed by atoms with E-state index >= 15 is 0 Å². The van der Waals surface area contributed by atoms with Gasteiger partial charge in [-0.25, -0.2) is 4.98 Å².